The summed E-state index contributed by atoms with van der Waals surface area (Å²) in [5.41, 5.74) is 8.13. The van der Waals surface area contributed by atoms with Gasteiger partial charge < -0.3 is 9.15 Å². The van der Waals surface area contributed by atoms with E-state index in [2.05, 4.69) is 12.1 Å². The molecule has 8 aromatic rings. The van der Waals surface area contributed by atoms with E-state index in [0.717, 1.165) is 60.9 Å². The smallest absolute Gasteiger partial charge is 0.167 e. The van der Waals surface area contributed by atoms with Crippen molar-refractivity contribution in [2.75, 3.05) is 0 Å². The highest BCUT2D eigenvalue weighted by molar-refractivity contribution is 6.09. The maximum absolute atomic E-state index is 8.62. The summed E-state index contributed by atoms with van der Waals surface area (Å²) in [6, 6.07) is 45.3. The summed E-state index contributed by atoms with van der Waals surface area (Å²) >= 11 is 0. The Labute approximate surface area is 262 Å². The van der Waals surface area contributed by atoms with E-state index in [0.29, 0.717) is 28.8 Å². The molecule has 0 N–H and O–H groups in total. The van der Waals surface area contributed by atoms with Crippen LogP contribution < -0.4 is 4.74 Å². The Morgan fingerprint density at radius 1 is 0.489 bits per heavy atom. The van der Waals surface area contributed by atoms with Gasteiger partial charge in [0, 0.05) is 27.5 Å². The average Bonchev–Trinajstić information content (AvgIpc) is 3.51. The predicted octanol–water partition coefficient (Wildman–Crippen LogP) is 10.00. The molecule has 1 aliphatic rings. The molecule has 0 aliphatic carbocycles. The van der Waals surface area contributed by atoms with Crippen LogP contribution in [0.3, 0.4) is 0 Å². The Balaban J connectivity index is 1.19. The summed E-state index contributed by atoms with van der Waals surface area (Å²) in [5.74, 6) is 2.16. The number of benzene rings is 6. The molecule has 212 valence electrons. The van der Waals surface area contributed by atoms with Crippen LogP contribution in [0, 0.1) is 0 Å². The van der Waals surface area contributed by atoms with Gasteiger partial charge in [-0.3, -0.25) is 0 Å². The molecule has 1 aliphatic heterocycles. The van der Waals surface area contributed by atoms with Crippen molar-refractivity contribution in [2.45, 2.75) is 6.56 Å². The first kappa shape index (κ1) is 23.4. The van der Waals surface area contributed by atoms with Gasteiger partial charge in [0.25, 0.3) is 0 Å². The van der Waals surface area contributed by atoms with Crippen LogP contribution in [0.25, 0.3) is 78.4 Å². The van der Waals surface area contributed by atoms with E-state index in [1.165, 1.54) is 0 Å². The van der Waals surface area contributed by atoms with Gasteiger partial charge in [-0.25, -0.2) is 15.0 Å². The van der Waals surface area contributed by atoms with Gasteiger partial charge in [0.2, 0.25) is 0 Å². The molecule has 0 saturated heterocycles. The summed E-state index contributed by atoms with van der Waals surface area (Å²) < 4.78 is 29.3. The normalized spacial score (nSPS) is 13.9. The van der Waals surface area contributed by atoms with E-state index in [4.69, 9.17) is 26.8 Å². The molecule has 6 aromatic carbocycles. The lowest BCUT2D eigenvalue weighted by Crippen LogP contribution is -2.06. The van der Waals surface area contributed by atoms with Crippen LogP contribution in [0.4, 0.5) is 0 Å². The topological polar surface area (TPSA) is 61.0 Å². The molecule has 0 atom stereocenters. The Morgan fingerprint density at radius 2 is 1.11 bits per heavy atom. The zero-order valence-electron chi connectivity index (χ0n) is 25.9. The Bertz CT molecular complexity index is 2470. The lowest BCUT2D eigenvalue weighted by Gasteiger charge is -2.23. The first-order chi connectivity index (χ1) is 23.0. The number of rotatable bonds is 4. The van der Waals surface area contributed by atoms with Gasteiger partial charge in [0.05, 0.1) is 8.30 Å². The van der Waals surface area contributed by atoms with Crippen LogP contribution in [0.2, 0.25) is 0 Å². The van der Waals surface area contributed by atoms with E-state index >= 15 is 0 Å². The number of hydrogen-bond donors (Lipinski definition) is 0. The molecule has 2 aromatic heterocycles. The lowest BCUT2D eigenvalue weighted by atomic mass is 9.89. The quantitative estimate of drug-likeness (QED) is 0.207. The van der Waals surface area contributed by atoms with Crippen LogP contribution >= 0.6 is 0 Å². The first-order valence-corrected chi connectivity index (χ1v) is 14.8. The maximum Gasteiger partial charge on any atom is 0.167 e. The third kappa shape index (κ3) is 4.28. The van der Waals surface area contributed by atoms with Crippen LogP contribution in [-0.2, 0) is 6.56 Å². The van der Waals surface area contributed by atoms with Crippen LogP contribution in [0.1, 0.15) is 8.30 Å². The molecule has 0 unspecified atom stereocenters. The van der Waals surface area contributed by atoms with Gasteiger partial charge in [-0.2, -0.15) is 0 Å². The van der Waals surface area contributed by atoms with Crippen LogP contribution in [0.15, 0.2) is 144 Å². The summed E-state index contributed by atoms with van der Waals surface area (Å²) in [4.78, 5) is 14.9. The molecule has 3 heterocycles. The lowest BCUT2D eigenvalue weighted by molar-refractivity contribution is 0.302. The summed E-state index contributed by atoms with van der Waals surface area (Å²) in [6.07, 6.45) is 0. The highest BCUT2D eigenvalue weighted by Gasteiger charge is 2.21. The fourth-order valence-corrected chi connectivity index (χ4v) is 6.10. The fraction of sp³-hybridized carbons (Fsp3) is 0.0250. The molecule has 0 amide bonds. The zero-order valence-corrected chi connectivity index (χ0v) is 23.9. The highest BCUT2D eigenvalue weighted by Crippen LogP contribution is 2.43. The molecule has 0 spiro atoms. The molecule has 0 bridgehead atoms. The van der Waals surface area contributed by atoms with Crippen molar-refractivity contribution in [3.63, 3.8) is 0 Å². The van der Waals surface area contributed by atoms with Crippen LogP contribution in [-0.4, -0.2) is 15.0 Å². The summed E-state index contributed by atoms with van der Waals surface area (Å²) in [5, 5.41) is 2.05. The second-order valence-corrected chi connectivity index (χ2v) is 11.0. The Morgan fingerprint density at radius 3 is 1.98 bits per heavy atom. The number of para-hydroxylation sites is 3. The number of furan rings is 1. The minimum absolute atomic E-state index is 0.507. The predicted molar refractivity (Wildman–Crippen MR) is 179 cm³/mol. The van der Waals surface area contributed by atoms with E-state index in [-0.39, 0.29) is 0 Å². The standard InChI is InChI=1S/C40H25N3O2/c1-2-10-26(11-3-1)38-41-39(43-40(42-38)33-17-9-16-31-30-13-4-7-19-35(30)45-37(31)33)27-22-20-25(21-23-27)29-15-8-12-28-24-44-34-18-6-5-14-32(34)36(28)29/h1-23H,24H2/i24D2. The summed E-state index contributed by atoms with van der Waals surface area (Å²) in [7, 11) is 0. The van der Waals surface area contributed by atoms with Crippen LogP contribution in [0.5, 0.6) is 5.75 Å². The third-order valence-electron chi connectivity index (χ3n) is 8.26. The van der Waals surface area contributed by atoms with Crippen molar-refractivity contribution < 1.29 is 11.9 Å². The minimum Gasteiger partial charge on any atom is -0.488 e. The third-order valence-corrected chi connectivity index (χ3v) is 8.26. The van der Waals surface area contributed by atoms with E-state index in [1.807, 2.05) is 121 Å². The molecule has 5 nitrogen and oxygen atoms in total. The second-order valence-electron chi connectivity index (χ2n) is 11.0. The minimum atomic E-state index is -1.95. The first-order valence-electron chi connectivity index (χ1n) is 15.8. The molecule has 45 heavy (non-hydrogen) atoms. The van der Waals surface area contributed by atoms with Gasteiger partial charge in [-0.05, 0) is 40.5 Å². The monoisotopic (exact) mass is 581 g/mol. The van der Waals surface area contributed by atoms with Gasteiger partial charge in [-0.1, -0.05) is 121 Å². The van der Waals surface area contributed by atoms with Crippen molar-refractivity contribution in [1.82, 2.24) is 15.0 Å². The maximum atomic E-state index is 8.62. The zero-order chi connectivity index (χ0) is 31.5. The highest BCUT2D eigenvalue weighted by atomic mass is 16.5. The number of aromatic nitrogens is 3. The van der Waals surface area contributed by atoms with Crippen molar-refractivity contribution in [3.8, 4) is 62.2 Å². The number of fused-ring (bicyclic) bond motifs is 6. The molecule has 0 saturated carbocycles. The van der Waals surface area contributed by atoms with Crippen molar-refractivity contribution in [2.24, 2.45) is 0 Å². The molecular formula is C40H25N3O2. The van der Waals surface area contributed by atoms with Gasteiger partial charge in [-0.15, -0.1) is 0 Å². The van der Waals surface area contributed by atoms with Crippen molar-refractivity contribution >= 4 is 21.9 Å². The van der Waals surface area contributed by atoms with E-state index in [1.54, 1.807) is 6.07 Å². The molecule has 5 heteroatoms. The van der Waals surface area contributed by atoms with Gasteiger partial charge in [0.1, 0.15) is 23.5 Å². The van der Waals surface area contributed by atoms with Gasteiger partial charge in [0.15, 0.2) is 17.5 Å². The molecular weight excluding hydrogens is 554 g/mol. The van der Waals surface area contributed by atoms with Gasteiger partial charge >= 0.3 is 0 Å². The SMILES string of the molecule is [2H]C1([2H])Oc2ccccc2-c2c(-c3ccc(-c4nc(-c5ccccc5)nc(-c5cccc6c5oc5ccccc56)n4)cc3)cccc21. The van der Waals surface area contributed by atoms with E-state index in [9.17, 15) is 0 Å². The second kappa shape index (κ2) is 10.3. The average molecular weight is 582 g/mol. The Kier molecular flexibility index (Phi) is 5.35. The van der Waals surface area contributed by atoms with Crippen molar-refractivity contribution in [3.05, 3.63) is 145 Å². The number of ether oxygens (including phenoxy) is 1. The fourth-order valence-electron chi connectivity index (χ4n) is 6.10. The summed E-state index contributed by atoms with van der Waals surface area (Å²) in [6.45, 7) is -1.95. The molecule has 9 rings (SSSR count). The largest absolute Gasteiger partial charge is 0.488 e. The van der Waals surface area contributed by atoms with E-state index < -0.39 is 6.56 Å². The molecule has 0 radical (unpaired) electrons. The number of nitrogens with zero attached hydrogens (tertiary/aromatic N) is 3. The number of hydrogen-bond acceptors (Lipinski definition) is 5. The van der Waals surface area contributed by atoms with Crippen molar-refractivity contribution in [1.29, 1.82) is 0 Å². The molecule has 0 fully saturated rings. The Hall–Kier alpha value is -6.07.